The third kappa shape index (κ3) is 3.81. The molecule has 140 valence electrons. The van der Waals surface area contributed by atoms with Crippen LogP contribution in [0.4, 0.5) is 5.69 Å². The summed E-state index contributed by atoms with van der Waals surface area (Å²) in [4.78, 5) is 37.7. The smallest absolute Gasteiger partial charge is 0.285 e. The lowest BCUT2D eigenvalue weighted by Gasteiger charge is -2.31. The molecule has 0 atom stereocenters. The molecule has 1 heterocycles. The number of phenols is 1. The molecule has 1 amide bonds. The number of aryl methyl sites for hydroxylation is 1. The highest BCUT2D eigenvalue weighted by molar-refractivity contribution is 6.00. The van der Waals surface area contributed by atoms with Gasteiger partial charge in [0.15, 0.2) is 5.78 Å². The summed E-state index contributed by atoms with van der Waals surface area (Å²) in [5.74, 6) is -0.484. The number of rotatable bonds is 4. The van der Waals surface area contributed by atoms with Crippen molar-refractivity contribution in [2.24, 2.45) is 5.92 Å². The first-order chi connectivity index (χ1) is 12.9. The number of hydrogen-bond donors (Lipinski definition) is 1. The molecule has 7 heteroatoms. The van der Waals surface area contributed by atoms with Crippen LogP contribution in [0, 0.1) is 23.0 Å². The van der Waals surface area contributed by atoms with Crippen LogP contribution in [0.15, 0.2) is 42.5 Å². The molecule has 1 aliphatic heterocycles. The zero-order chi connectivity index (χ0) is 19.6. The molecule has 1 saturated heterocycles. The lowest BCUT2D eigenvalue weighted by molar-refractivity contribution is -0.385. The molecule has 27 heavy (non-hydrogen) atoms. The maximum atomic E-state index is 12.8. The van der Waals surface area contributed by atoms with Crippen molar-refractivity contribution in [3.05, 3.63) is 69.3 Å². The van der Waals surface area contributed by atoms with Crippen LogP contribution < -0.4 is 0 Å². The minimum absolute atomic E-state index is 0.0105. The number of Topliss-reactive ketones (excluding diaryl/α,β-unsaturated/α-hetero) is 1. The molecule has 0 aliphatic carbocycles. The van der Waals surface area contributed by atoms with E-state index >= 15 is 0 Å². The quantitative estimate of drug-likeness (QED) is 0.507. The Kier molecular flexibility index (Phi) is 5.21. The third-order valence-corrected chi connectivity index (χ3v) is 4.96. The summed E-state index contributed by atoms with van der Waals surface area (Å²) in [5.41, 5.74) is 0.906. The molecule has 0 radical (unpaired) electrons. The molecule has 7 nitrogen and oxygen atoms in total. The number of para-hydroxylation sites is 1. The molecule has 1 fully saturated rings. The Morgan fingerprint density at radius 3 is 2.33 bits per heavy atom. The second kappa shape index (κ2) is 7.57. The van der Waals surface area contributed by atoms with E-state index in [0.717, 1.165) is 0 Å². The number of nitro benzene ring substituents is 1. The van der Waals surface area contributed by atoms with Gasteiger partial charge >= 0.3 is 0 Å². The summed E-state index contributed by atoms with van der Waals surface area (Å²) in [6.07, 6.45) is 1.01. The van der Waals surface area contributed by atoms with Crippen LogP contribution in [0.2, 0.25) is 0 Å². The van der Waals surface area contributed by atoms with Gasteiger partial charge in [-0.1, -0.05) is 12.1 Å². The molecule has 0 bridgehead atoms. The summed E-state index contributed by atoms with van der Waals surface area (Å²) in [5, 5.41) is 20.7. The van der Waals surface area contributed by atoms with Crippen LogP contribution in [0.1, 0.15) is 39.1 Å². The fourth-order valence-electron chi connectivity index (χ4n) is 3.45. The van der Waals surface area contributed by atoms with Crippen molar-refractivity contribution in [2.45, 2.75) is 19.8 Å². The Hall–Kier alpha value is -3.22. The number of nitrogens with zero attached hydrogens (tertiary/aromatic N) is 2. The van der Waals surface area contributed by atoms with Crippen LogP contribution in [0.25, 0.3) is 0 Å². The Labute approximate surface area is 156 Å². The summed E-state index contributed by atoms with van der Waals surface area (Å²) in [7, 11) is 0. The SMILES string of the molecule is Cc1cccc(C(=O)N2CCC(C(=O)c3ccc(O)cc3)CC2)c1[N+](=O)[O-]. The first-order valence-corrected chi connectivity index (χ1v) is 8.75. The van der Waals surface area contributed by atoms with E-state index in [0.29, 0.717) is 37.1 Å². The number of hydrogen-bond acceptors (Lipinski definition) is 5. The predicted molar refractivity (Wildman–Crippen MR) is 98.9 cm³/mol. The highest BCUT2D eigenvalue weighted by Gasteiger charge is 2.31. The maximum Gasteiger partial charge on any atom is 0.285 e. The summed E-state index contributed by atoms with van der Waals surface area (Å²) < 4.78 is 0. The van der Waals surface area contributed by atoms with Crippen molar-refractivity contribution in [1.82, 2.24) is 4.90 Å². The molecular formula is C20H20N2O5. The number of phenolic OH excluding ortho intramolecular Hbond substituents is 1. The van der Waals surface area contributed by atoms with Crippen LogP contribution in [0.3, 0.4) is 0 Å². The number of likely N-dealkylation sites (tertiary alicyclic amines) is 1. The average molecular weight is 368 g/mol. The number of amides is 1. The van der Waals surface area contributed by atoms with Gasteiger partial charge in [0.1, 0.15) is 11.3 Å². The molecule has 0 aromatic heterocycles. The van der Waals surface area contributed by atoms with Gasteiger partial charge in [-0.2, -0.15) is 0 Å². The molecule has 0 unspecified atom stereocenters. The lowest BCUT2D eigenvalue weighted by Crippen LogP contribution is -2.40. The van der Waals surface area contributed by atoms with Gasteiger partial charge in [0.05, 0.1) is 4.92 Å². The molecule has 1 N–H and O–H groups in total. The largest absolute Gasteiger partial charge is 0.508 e. The first kappa shape index (κ1) is 18.6. The number of piperidine rings is 1. The van der Waals surface area contributed by atoms with Crippen molar-refractivity contribution < 1.29 is 19.6 Å². The molecule has 3 rings (SSSR count). The predicted octanol–water partition coefficient (Wildman–Crippen LogP) is 3.34. The van der Waals surface area contributed by atoms with Gasteiger partial charge < -0.3 is 10.0 Å². The van der Waals surface area contributed by atoms with E-state index in [4.69, 9.17) is 0 Å². The Morgan fingerprint density at radius 2 is 1.74 bits per heavy atom. The van der Waals surface area contributed by atoms with Gasteiger partial charge in [0.2, 0.25) is 0 Å². The highest BCUT2D eigenvalue weighted by atomic mass is 16.6. The molecular weight excluding hydrogens is 348 g/mol. The van der Waals surface area contributed by atoms with Gasteiger partial charge in [-0.25, -0.2) is 0 Å². The van der Waals surface area contributed by atoms with Crippen molar-refractivity contribution in [3.63, 3.8) is 0 Å². The van der Waals surface area contributed by atoms with E-state index in [1.807, 2.05) is 0 Å². The minimum Gasteiger partial charge on any atom is -0.508 e. The lowest BCUT2D eigenvalue weighted by atomic mass is 9.88. The maximum absolute atomic E-state index is 12.8. The van der Waals surface area contributed by atoms with E-state index in [9.17, 15) is 24.8 Å². The zero-order valence-electron chi connectivity index (χ0n) is 14.9. The summed E-state index contributed by atoms with van der Waals surface area (Å²) in [6.45, 7) is 2.36. The summed E-state index contributed by atoms with van der Waals surface area (Å²) in [6, 6.07) is 10.8. The second-order valence-electron chi connectivity index (χ2n) is 6.71. The number of carbonyl (C=O) groups excluding carboxylic acids is 2. The fourth-order valence-corrected chi connectivity index (χ4v) is 3.45. The van der Waals surface area contributed by atoms with Crippen molar-refractivity contribution in [1.29, 1.82) is 0 Å². The monoisotopic (exact) mass is 368 g/mol. The Balaban J connectivity index is 1.70. The van der Waals surface area contributed by atoms with Crippen molar-refractivity contribution in [2.75, 3.05) is 13.1 Å². The number of carbonyl (C=O) groups is 2. The first-order valence-electron chi connectivity index (χ1n) is 8.75. The number of ketones is 1. The average Bonchev–Trinajstić information content (AvgIpc) is 2.67. The van der Waals surface area contributed by atoms with Gasteiger partial charge in [0.25, 0.3) is 11.6 Å². The molecule has 1 aliphatic rings. The Morgan fingerprint density at radius 1 is 1.11 bits per heavy atom. The van der Waals surface area contributed by atoms with E-state index in [-0.39, 0.29) is 34.6 Å². The van der Waals surface area contributed by atoms with E-state index in [1.165, 1.54) is 18.2 Å². The van der Waals surface area contributed by atoms with E-state index < -0.39 is 4.92 Å². The standard InChI is InChI=1S/C20H20N2O5/c1-13-3-2-4-17(18(13)22(26)27)20(25)21-11-9-15(10-12-21)19(24)14-5-7-16(23)8-6-14/h2-8,15,23H,9-12H2,1H3. The van der Waals surface area contributed by atoms with Crippen LogP contribution in [-0.2, 0) is 0 Å². The van der Waals surface area contributed by atoms with Gasteiger partial charge in [-0.05, 0) is 50.1 Å². The van der Waals surface area contributed by atoms with Crippen LogP contribution in [0.5, 0.6) is 5.75 Å². The van der Waals surface area contributed by atoms with Crippen LogP contribution >= 0.6 is 0 Å². The molecule has 0 saturated carbocycles. The second-order valence-corrected chi connectivity index (χ2v) is 6.71. The molecule has 2 aromatic rings. The number of benzene rings is 2. The topological polar surface area (TPSA) is 101 Å². The Bertz CT molecular complexity index is 884. The molecule has 2 aromatic carbocycles. The zero-order valence-corrected chi connectivity index (χ0v) is 14.9. The number of aromatic hydroxyl groups is 1. The highest BCUT2D eigenvalue weighted by Crippen LogP contribution is 2.28. The third-order valence-electron chi connectivity index (χ3n) is 4.96. The fraction of sp³-hybridized carbons (Fsp3) is 0.300. The molecule has 0 spiro atoms. The van der Waals surface area contributed by atoms with E-state index in [2.05, 4.69) is 0 Å². The normalized spacial score (nSPS) is 14.8. The van der Waals surface area contributed by atoms with Gasteiger partial charge in [-0.15, -0.1) is 0 Å². The van der Waals surface area contributed by atoms with Crippen molar-refractivity contribution in [3.8, 4) is 5.75 Å². The van der Waals surface area contributed by atoms with Gasteiger partial charge in [0, 0.05) is 30.1 Å². The van der Waals surface area contributed by atoms with Crippen LogP contribution in [-0.4, -0.2) is 39.7 Å². The van der Waals surface area contributed by atoms with E-state index in [1.54, 1.807) is 36.1 Å². The summed E-state index contributed by atoms with van der Waals surface area (Å²) >= 11 is 0. The van der Waals surface area contributed by atoms with Gasteiger partial charge in [-0.3, -0.25) is 19.7 Å². The minimum atomic E-state index is -0.524. The van der Waals surface area contributed by atoms with Crippen molar-refractivity contribution >= 4 is 17.4 Å². The number of nitro groups is 1.